The molecule has 0 unspecified atom stereocenters. The second kappa shape index (κ2) is 9.92. The van der Waals surface area contributed by atoms with E-state index < -0.39 is 34.3 Å². The van der Waals surface area contributed by atoms with E-state index >= 15 is 0 Å². The number of sulfonamides is 1. The molecular weight excluding hydrogens is 474 g/mol. The first-order chi connectivity index (χ1) is 14.7. The highest BCUT2D eigenvalue weighted by atomic mass is 35.5. The first-order valence-corrected chi connectivity index (χ1v) is 11.2. The van der Waals surface area contributed by atoms with Crippen molar-refractivity contribution in [2.24, 2.45) is 0 Å². The van der Waals surface area contributed by atoms with E-state index in [1.165, 1.54) is 28.6 Å². The van der Waals surface area contributed by atoms with Crippen LogP contribution in [0.3, 0.4) is 0 Å². The van der Waals surface area contributed by atoms with Crippen molar-refractivity contribution < 1.29 is 31.9 Å². The first-order valence-electron chi connectivity index (χ1n) is 8.98. The Morgan fingerprint density at radius 1 is 1.13 bits per heavy atom. The number of rotatable bonds is 6. The van der Waals surface area contributed by atoms with E-state index in [0.717, 1.165) is 12.1 Å². The maximum atomic E-state index is 13.7. The van der Waals surface area contributed by atoms with Gasteiger partial charge < -0.3 is 14.8 Å². The number of ether oxygens (including phenoxy) is 2. The lowest BCUT2D eigenvalue weighted by Gasteiger charge is -2.26. The molecule has 1 aliphatic heterocycles. The lowest BCUT2D eigenvalue weighted by atomic mass is 10.2. The van der Waals surface area contributed by atoms with Crippen LogP contribution >= 0.6 is 23.2 Å². The number of carbonyl (C=O) groups is 2. The van der Waals surface area contributed by atoms with Gasteiger partial charge in [-0.2, -0.15) is 4.31 Å². The van der Waals surface area contributed by atoms with Gasteiger partial charge in [-0.1, -0.05) is 23.2 Å². The number of anilines is 1. The highest BCUT2D eigenvalue weighted by Gasteiger charge is 2.28. The Morgan fingerprint density at radius 3 is 2.52 bits per heavy atom. The van der Waals surface area contributed by atoms with Gasteiger partial charge >= 0.3 is 5.97 Å². The van der Waals surface area contributed by atoms with Gasteiger partial charge in [0.25, 0.3) is 5.91 Å². The topological polar surface area (TPSA) is 102 Å². The summed E-state index contributed by atoms with van der Waals surface area (Å²) in [5.74, 6) is -2.56. The monoisotopic (exact) mass is 490 g/mol. The molecule has 0 aliphatic carbocycles. The van der Waals surface area contributed by atoms with E-state index in [0.29, 0.717) is 0 Å². The van der Waals surface area contributed by atoms with Crippen LogP contribution < -0.4 is 5.32 Å². The quantitative estimate of drug-likeness (QED) is 0.624. The molecule has 1 saturated heterocycles. The SMILES string of the molecule is O=C(COC(=O)c1cc(S(=O)(=O)N2CCOCC2)ccc1Cl)Nc1ccc(Cl)cc1F. The molecule has 166 valence electrons. The number of hydrogen-bond donors (Lipinski definition) is 1. The molecule has 0 atom stereocenters. The zero-order valence-electron chi connectivity index (χ0n) is 15.9. The number of benzene rings is 2. The number of carbonyl (C=O) groups excluding carboxylic acids is 2. The maximum absolute atomic E-state index is 13.7. The summed E-state index contributed by atoms with van der Waals surface area (Å²) in [6.07, 6.45) is 0. The number of halogens is 3. The molecule has 0 saturated carbocycles. The Bertz CT molecular complexity index is 1110. The maximum Gasteiger partial charge on any atom is 0.340 e. The van der Waals surface area contributed by atoms with Gasteiger partial charge in [0.05, 0.1) is 34.4 Å². The lowest BCUT2D eigenvalue weighted by Crippen LogP contribution is -2.40. The smallest absolute Gasteiger partial charge is 0.340 e. The minimum atomic E-state index is -3.86. The molecule has 1 amide bonds. The normalized spacial score (nSPS) is 14.8. The van der Waals surface area contributed by atoms with Crippen molar-refractivity contribution in [1.82, 2.24) is 4.31 Å². The fourth-order valence-corrected chi connectivity index (χ4v) is 4.53. The van der Waals surface area contributed by atoms with Gasteiger partial charge in [0, 0.05) is 18.1 Å². The van der Waals surface area contributed by atoms with Crippen LogP contribution in [0.4, 0.5) is 10.1 Å². The third-order valence-electron chi connectivity index (χ3n) is 4.31. The van der Waals surface area contributed by atoms with Gasteiger partial charge in [-0.25, -0.2) is 17.6 Å². The average Bonchev–Trinajstić information content (AvgIpc) is 2.75. The number of hydrogen-bond acceptors (Lipinski definition) is 6. The molecule has 0 radical (unpaired) electrons. The summed E-state index contributed by atoms with van der Waals surface area (Å²) in [7, 11) is -3.86. The highest BCUT2D eigenvalue weighted by Crippen LogP contribution is 2.24. The van der Waals surface area contributed by atoms with Crippen LogP contribution in [0.2, 0.25) is 10.0 Å². The molecule has 1 N–H and O–H groups in total. The third-order valence-corrected chi connectivity index (χ3v) is 6.76. The Kier molecular flexibility index (Phi) is 7.50. The zero-order valence-corrected chi connectivity index (χ0v) is 18.3. The minimum absolute atomic E-state index is 0.0462. The largest absolute Gasteiger partial charge is 0.452 e. The Morgan fingerprint density at radius 2 is 1.84 bits per heavy atom. The summed E-state index contributed by atoms with van der Waals surface area (Å²) in [6.45, 7) is 0.173. The van der Waals surface area contributed by atoms with Crippen molar-refractivity contribution in [2.75, 3.05) is 38.2 Å². The zero-order chi connectivity index (χ0) is 22.6. The predicted molar refractivity (Wildman–Crippen MR) is 111 cm³/mol. The lowest BCUT2D eigenvalue weighted by molar-refractivity contribution is -0.119. The Hall–Kier alpha value is -2.24. The molecule has 31 heavy (non-hydrogen) atoms. The summed E-state index contributed by atoms with van der Waals surface area (Å²) < 4.78 is 50.6. The number of esters is 1. The summed E-state index contributed by atoms with van der Waals surface area (Å²) in [4.78, 5) is 24.2. The number of amides is 1. The first kappa shape index (κ1) is 23.4. The number of nitrogens with zero attached hydrogens (tertiary/aromatic N) is 1. The van der Waals surface area contributed by atoms with Crippen LogP contribution in [0.25, 0.3) is 0 Å². The molecular formula is C19H17Cl2FN2O6S. The second-order valence-electron chi connectivity index (χ2n) is 6.41. The molecule has 3 rings (SSSR count). The van der Waals surface area contributed by atoms with E-state index in [2.05, 4.69) is 5.32 Å². The van der Waals surface area contributed by atoms with Crippen LogP contribution in [0.15, 0.2) is 41.3 Å². The van der Waals surface area contributed by atoms with Gasteiger partial charge in [-0.3, -0.25) is 4.79 Å². The van der Waals surface area contributed by atoms with Crippen LogP contribution in [0.1, 0.15) is 10.4 Å². The average molecular weight is 491 g/mol. The summed E-state index contributed by atoms with van der Waals surface area (Å²) in [6, 6.07) is 7.28. The fourth-order valence-electron chi connectivity index (χ4n) is 2.74. The van der Waals surface area contributed by atoms with E-state index in [4.69, 9.17) is 32.7 Å². The third kappa shape index (κ3) is 5.72. The van der Waals surface area contributed by atoms with Gasteiger partial charge in [0.1, 0.15) is 5.82 Å². The second-order valence-corrected chi connectivity index (χ2v) is 9.19. The van der Waals surface area contributed by atoms with Crippen LogP contribution in [-0.4, -0.2) is 57.5 Å². The van der Waals surface area contributed by atoms with E-state index in [-0.39, 0.29) is 52.5 Å². The van der Waals surface area contributed by atoms with E-state index in [1.54, 1.807) is 0 Å². The van der Waals surface area contributed by atoms with Crippen LogP contribution in [0, 0.1) is 5.82 Å². The molecule has 8 nitrogen and oxygen atoms in total. The van der Waals surface area contributed by atoms with Gasteiger partial charge in [-0.05, 0) is 36.4 Å². The Balaban J connectivity index is 1.68. The van der Waals surface area contributed by atoms with Gasteiger partial charge in [0.15, 0.2) is 6.61 Å². The van der Waals surface area contributed by atoms with Crippen molar-refractivity contribution in [1.29, 1.82) is 0 Å². The van der Waals surface area contributed by atoms with Gasteiger partial charge in [0.2, 0.25) is 10.0 Å². The van der Waals surface area contributed by atoms with E-state index in [1.807, 2.05) is 0 Å². The summed E-state index contributed by atoms with van der Waals surface area (Å²) in [5, 5.41) is 2.35. The van der Waals surface area contributed by atoms with Crippen molar-refractivity contribution in [3.63, 3.8) is 0 Å². The molecule has 0 bridgehead atoms. The highest BCUT2D eigenvalue weighted by molar-refractivity contribution is 7.89. The molecule has 2 aromatic rings. The molecule has 2 aromatic carbocycles. The van der Waals surface area contributed by atoms with Crippen LogP contribution in [0.5, 0.6) is 0 Å². The van der Waals surface area contributed by atoms with Crippen molar-refractivity contribution in [2.45, 2.75) is 4.90 Å². The van der Waals surface area contributed by atoms with Crippen molar-refractivity contribution >= 4 is 50.8 Å². The minimum Gasteiger partial charge on any atom is -0.452 e. The summed E-state index contributed by atoms with van der Waals surface area (Å²) >= 11 is 11.7. The Labute approximate surface area is 187 Å². The number of nitrogens with one attached hydrogen (secondary N) is 1. The fraction of sp³-hybridized carbons (Fsp3) is 0.263. The van der Waals surface area contributed by atoms with Gasteiger partial charge in [-0.15, -0.1) is 0 Å². The van der Waals surface area contributed by atoms with Crippen molar-refractivity contribution in [3.05, 3.63) is 57.8 Å². The predicted octanol–water partition coefficient (Wildman–Crippen LogP) is 2.95. The molecule has 12 heteroatoms. The number of morpholine rings is 1. The molecule has 0 aromatic heterocycles. The van der Waals surface area contributed by atoms with Crippen LogP contribution in [-0.2, 0) is 24.3 Å². The van der Waals surface area contributed by atoms with E-state index in [9.17, 15) is 22.4 Å². The standard InChI is InChI=1S/C19H17Cl2FN2O6S/c20-12-1-4-17(16(22)9-12)23-18(25)11-30-19(26)14-10-13(2-3-15(14)21)31(27,28)24-5-7-29-8-6-24/h1-4,9-10H,5-8,11H2,(H,23,25). The summed E-state index contributed by atoms with van der Waals surface area (Å²) in [5.41, 5.74) is -0.358. The molecule has 1 heterocycles. The molecule has 1 aliphatic rings. The van der Waals surface area contributed by atoms with Crippen molar-refractivity contribution in [3.8, 4) is 0 Å². The molecule has 1 fully saturated rings. The molecule has 0 spiro atoms.